The van der Waals surface area contributed by atoms with Gasteiger partial charge in [-0.25, -0.2) is 4.79 Å². The number of carboxylic acids is 1. The summed E-state index contributed by atoms with van der Waals surface area (Å²) >= 11 is 2.57. The van der Waals surface area contributed by atoms with Gasteiger partial charge in [-0.3, -0.25) is 24.1 Å². The van der Waals surface area contributed by atoms with Gasteiger partial charge in [0.05, 0.1) is 29.5 Å². The van der Waals surface area contributed by atoms with Gasteiger partial charge in [-0.1, -0.05) is 23.5 Å². The van der Waals surface area contributed by atoms with Crippen LogP contribution in [0.25, 0.3) is 0 Å². The molecule has 3 heterocycles. The molecule has 11 nitrogen and oxygen atoms in total. The van der Waals surface area contributed by atoms with Gasteiger partial charge in [0.15, 0.2) is 18.1 Å². The summed E-state index contributed by atoms with van der Waals surface area (Å²) in [5, 5.41) is 12.6. The van der Waals surface area contributed by atoms with Crippen molar-refractivity contribution in [2.75, 3.05) is 19.0 Å². The van der Waals surface area contributed by atoms with E-state index in [1.165, 1.54) is 37.9 Å². The molecule has 3 N–H and O–H groups in total. The molecule has 3 fully saturated rings. The van der Waals surface area contributed by atoms with Crippen LogP contribution in [0.2, 0.25) is 0 Å². The molecule has 7 unspecified atom stereocenters. The second kappa shape index (κ2) is 11.7. The summed E-state index contributed by atoms with van der Waals surface area (Å²) in [6.45, 7) is 0.813. The highest BCUT2D eigenvalue weighted by atomic mass is 32.2. The maximum Gasteiger partial charge on any atom is 0.416 e. The number of carboxylic acid groups (broad SMARTS) is 1. The number of imide groups is 1. The minimum Gasteiger partial charge on any atom is -0.493 e. The van der Waals surface area contributed by atoms with Crippen molar-refractivity contribution in [3.05, 3.63) is 68.1 Å². The number of nitrogens with one attached hydrogen (secondary N) is 2. The quantitative estimate of drug-likeness (QED) is 0.289. The fourth-order valence-electron chi connectivity index (χ4n) is 8.02. The van der Waals surface area contributed by atoms with Gasteiger partial charge >= 0.3 is 17.0 Å². The lowest BCUT2D eigenvalue weighted by Gasteiger charge is -2.43. The smallest absolute Gasteiger partial charge is 0.416 e. The van der Waals surface area contributed by atoms with Crippen LogP contribution in [-0.4, -0.2) is 63.7 Å². The number of anilines is 1. The first kappa shape index (κ1) is 32.2. The Labute approximate surface area is 278 Å². The number of nitrogens with zero attached hydrogens (tertiary/aromatic N) is 1. The molecular weight excluding hydrogens is 675 g/mol. The van der Waals surface area contributed by atoms with E-state index in [9.17, 15) is 42.3 Å². The molecule has 2 aromatic carbocycles. The number of amides is 3. The fourth-order valence-corrected chi connectivity index (χ4v) is 10.9. The zero-order chi connectivity index (χ0) is 34.2. The van der Waals surface area contributed by atoms with Gasteiger partial charge in [0.25, 0.3) is 5.91 Å². The van der Waals surface area contributed by atoms with Crippen LogP contribution in [0.5, 0.6) is 11.5 Å². The van der Waals surface area contributed by atoms with Crippen molar-refractivity contribution in [2.45, 2.75) is 41.8 Å². The summed E-state index contributed by atoms with van der Waals surface area (Å²) in [7, 11) is 1.41. The number of alkyl halides is 3. The Balaban J connectivity index is 1.15. The van der Waals surface area contributed by atoms with E-state index in [0.29, 0.717) is 11.4 Å². The number of carbonyl (C=O) groups is 4. The van der Waals surface area contributed by atoms with Gasteiger partial charge in [-0.05, 0) is 67.0 Å². The number of hydrogen-bond donors (Lipinski definition) is 3. The minimum absolute atomic E-state index is 0.0390. The number of aromatic nitrogens is 1. The first-order chi connectivity index (χ1) is 22.8. The molecule has 16 heteroatoms. The topological polar surface area (TPSA) is 155 Å². The summed E-state index contributed by atoms with van der Waals surface area (Å²) in [5.74, 6) is -4.56. The van der Waals surface area contributed by atoms with Gasteiger partial charge < -0.3 is 24.9 Å². The molecule has 48 heavy (non-hydrogen) atoms. The van der Waals surface area contributed by atoms with Crippen LogP contribution in [-0.2, 0) is 25.4 Å². The average Bonchev–Trinajstić information content (AvgIpc) is 3.78. The molecule has 2 aliphatic carbocycles. The zero-order valence-corrected chi connectivity index (χ0v) is 26.9. The number of thiazole rings is 1. The third-order valence-electron chi connectivity index (χ3n) is 9.88. The summed E-state index contributed by atoms with van der Waals surface area (Å²) in [4.78, 5) is 68.3. The number of carbonyl (C=O) groups excluding carboxylic acids is 3. The van der Waals surface area contributed by atoms with E-state index in [0.717, 1.165) is 38.8 Å². The number of hydrogen-bond acceptors (Lipinski definition) is 9. The number of ether oxygens (including phenoxy) is 2. The second-order valence-corrected chi connectivity index (χ2v) is 14.5. The number of rotatable bonds is 8. The summed E-state index contributed by atoms with van der Waals surface area (Å²) in [5.41, 5.74) is -0.182. The lowest BCUT2D eigenvalue weighted by atomic mass is 9.68. The number of fused-ring (bicyclic) bond motifs is 9. The van der Waals surface area contributed by atoms with Gasteiger partial charge in [0.1, 0.15) is 6.04 Å². The van der Waals surface area contributed by atoms with Crippen LogP contribution in [0.3, 0.4) is 0 Å². The van der Waals surface area contributed by atoms with Gasteiger partial charge in [0, 0.05) is 21.7 Å². The molecule has 1 saturated heterocycles. The van der Waals surface area contributed by atoms with E-state index < -0.39 is 59.9 Å². The largest absolute Gasteiger partial charge is 0.493 e. The van der Waals surface area contributed by atoms with Crippen molar-refractivity contribution in [2.24, 2.45) is 29.6 Å². The standard InChI is InChI=1S/C32H28F3N3O8S2/c1-12(30(42)43)38-28(40)23-16-10-17(24(23)29(38)41)25-22(16)21(26-27(47-25)37-31(44)48-26)13-6-7-18(19(8-13)45-2)46-11-20(39)36-15-5-3-4-14(9-15)32(33,34)35/h3-9,12,16-17,21-25H,10-11H2,1-2H3,(H,36,39)(H,37,44)(H,42,43)/t12?,16?,17?,21-,22?,23?,24?,25?/m1/s1. The Bertz CT molecular complexity index is 1910. The van der Waals surface area contributed by atoms with Gasteiger partial charge in [-0.2, -0.15) is 13.2 Å². The van der Waals surface area contributed by atoms with Crippen LogP contribution in [0.1, 0.15) is 35.3 Å². The Kier molecular flexibility index (Phi) is 7.85. The number of benzene rings is 2. The molecule has 3 amide bonds. The molecule has 252 valence electrons. The molecule has 0 spiro atoms. The van der Waals surface area contributed by atoms with Crippen molar-refractivity contribution in [3.63, 3.8) is 0 Å². The molecule has 1 aromatic heterocycles. The second-order valence-electron chi connectivity index (χ2n) is 12.3. The number of thioether (sulfide) groups is 1. The summed E-state index contributed by atoms with van der Waals surface area (Å²) < 4.78 is 50.5. The van der Waals surface area contributed by atoms with Crippen molar-refractivity contribution in [3.8, 4) is 11.5 Å². The Morgan fingerprint density at radius 1 is 1.08 bits per heavy atom. The Hall–Kier alpha value is -4.31. The van der Waals surface area contributed by atoms with Crippen LogP contribution in [0.4, 0.5) is 18.9 Å². The molecule has 8 atom stereocenters. The summed E-state index contributed by atoms with van der Waals surface area (Å²) in [6.07, 6.45) is -3.94. The molecular formula is C32H28F3N3O8S2. The van der Waals surface area contributed by atoms with Gasteiger partial charge in [0.2, 0.25) is 11.8 Å². The third kappa shape index (κ3) is 5.16. The molecule has 7 rings (SSSR count). The molecule has 0 radical (unpaired) electrons. The number of methoxy groups -OCH3 is 1. The van der Waals surface area contributed by atoms with E-state index in [2.05, 4.69) is 10.3 Å². The Morgan fingerprint density at radius 2 is 1.81 bits per heavy atom. The maximum absolute atomic E-state index is 13.6. The number of likely N-dealkylation sites (tertiary alicyclic amines) is 1. The fraction of sp³-hybridized carbons (Fsp3) is 0.406. The summed E-state index contributed by atoms with van der Waals surface area (Å²) in [6, 6.07) is 8.08. The highest BCUT2D eigenvalue weighted by Gasteiger charge is 2.70. The zero-order valence-electron chi connectivity index (χ0n) is 25.3. The molecule has 4 aliphatic rings. The van der Waals surface area contributed by atoms with Crippen LogP contribution in [0, 0.1) is 29.6 Å². The average molecular weight is 704 g/mol. The number of aliphatic carboxylic acids is 1. The SMILES string of the molecule is COc1cc([C@H]2c3sc(=O)[nH]c3SC3C4CC(C5C(=O)N(C(C)C(=O)O)C(=O)C45)C32)ccc1OCC(=O)Nc1cccc(C(F)(F)F)c1. The van der Waals surface area contributed by atoms with E-state index in [-0.39, 0.29) is 51.0 Å². The maximum atomic E-state index is 13.6. The predicted octanol–water partition coefficient (Wildman–Crippen LogP) is 4.43. The first-order valence-corrected chi connectivity index (χ1v) is 16.7. The molecule has 2 saturated carbocycles. The molecule has 2 bridgehead atoms. The van der Waals surface area contributed by atoms with Crippen molar-refractivity contribution in [1.29, 1.82) is 0 Å². The monoisotopic (exact) mass is 703 g/mol. The van der Waals surface area contributed by atoms with Crippen molar-refractivity contribution in [1.82, 2.24) is 9.88 Å². The van der Waals surface area contributed by atoms with Crippen LogP contribution >= 0.6 is 23.1 Å². The molecule has 2 aliphatic heterocycles. The first-order valence-electron chi connectivity index (χ1n) is 15.1. The predicted molar refractivity (Wildman–Crippen MR) is 166 cm³/mol. The van der Waals surface area contributed by atoms with E-state index >= 15 is 0 Å². The minimum atomic E-state index is -4.57. The lowest BCUT2D eigenvalue weighted by molar-refractivity contribution is -0.154. The number of H-pyrrole nitrogens is 1. The number of halogens is 3. The lowest BCUT2D eigenvalue weighted by Crippen LogP contribution is -2.44. The number of aromatic amines is 1. The van der Waals surface area contributed by atoms with Crippen molar-refractivity contribution >= 4 is 52.5 Å². The Morgan fingerprint density at radius 3 is 2.50 bits per heavy atom. The highest BCUT2D eigenvalue weighted by Crippen LogP contribution is 2.68. The normalized spacial score (nSPS) is 27.7. The van der Waals surface area contributed by atoms with E-state index in [4.69, 9.17) is 9.47 Å². The van der Waals surface area contributed by atoms with Crippen molar-refractivity contribution < 1.29 is 46.9 Å². The van der Waals surface area contributed by atoms with Crippen LogP contribution in [0.15, 0.2) is 52.3 Å². The highest BCUT2D eigenvalue weighted by molar-refractivity contribution is 8.00. The van der Waals surface area contributed by atoms with Crippen LogP contribution < -0.4 is 19.7 Å². The molecule has 3 aromatic rings. The van der Waals surface area contributed by atoms with Gasteiger partial charge in [-0.15, -0.1) is 11.8 Å². The van der Waals surface area contributed by atoms with E-state index in [1.807, 2.05) is 0 Å². The van der Waals surface area contributed by atoms with E-state index in [1.54, 1.807) is 18.2 Å². The third-order valence-corrected chi connectivity index (χ3v) is 12.5.